The number of hydrogen-bond donors (Lipinski definition) is 1. The maximum atomic E-state index is 11.9. The van der Waals surface area contributed by atoms with Gasteiger partial charge in [-0.1, -0.05) is 23.8 Å². The molecule has 0 saturated carbocycles. The van der Waals surface area contributed by atoms with Crippen LogP contribution in [0.1, 0.15) is 11.3 Å². The molecule has 0 unspecified atom stereocenters. The molecular formula is C17H16N2O5S2. The van der Waals surface area contributed by atoms with Crippen molar-refractivity contribution >= 4 is 27.3 Å². The lowest BCUT2D eigenvalue weighted by molar-refractivity contribution is -0.143. The Kier molecular flexibility index (Phi) is 5.50. The molecule has 136 valence electrons. The summed E-state index contributed by atoms with van der Waals surface area (Å²) in [7, 11) is -3.70. The van der Waals surface area contributed by atoms with E-state index in [1.807, 2.05) is 31.2 Å². The summed E-state index contributed by atoms with van der Waals surface area (Å²) in [5.41, 5.74) is 2.38. The van der Waals surface area contributed by atoms with E-state index in [-0.39, 0.29) is 10.8 Å². The van der Waals surface area contributed by atoms with Crippen molar-refractivity contribution in [2.24, 2.45) is 0 Å². The molecule has 0 aliphatic carbocycles. The summed E-state index contributed by atoms with van der Waals surface area (Å²) >= 11 is 1.07. The Hall–Kier alpha value is -2.49. The molecule has 26 heavy (non-hydrogen) atoms. The molecule has 9 heteroatoms. The van der Waals surface area contributed by atoms with Crippen molar-refractivity contribution in [2.45, 2.75) is 17.7 Å². The zero-order valence-corrected chi connectivity index (χ0v) is 15.5. The molecule has 0 bridgehead atoms. The number of benzene rings is 1. The Bertz CT molecular complexity index is 977. The van der Waals surface area contributed by atoms with Crippen LogP contribution in [-0.2, 0) is 26.2 Å². The van der Waals surface area contributed by atoms with Gasteiger partial charge in [0.25, 0.3) is 10.0 Å². The van der Waals surface area contributed by atoms with Gasteiger partial charge in [-0.05, 0) is 30.5 Å². The van der Waals surface area contributed by atoms with E-state index in [1.54, 1.807) is 11.4 Å². The van der Waals surface area contributed by atoms with Crippen LogP contribution in [0, 0.1) is 6.92 Å². The van der Waals surface area contributed by atoms with Gasteiger partial charge in [-0.3, -0.25) is 4.79 Å². The zero-order chi connectivity index (χ0) is 18.6. The maximum absolute atomic E-state index is 11.9. The Morgan fingerprint density at radius 2 is 2.04 bits per heavy atom. The molecule has 0 aliphatic rings. The van der Waals surface area contributed by atoms with Crippen LogP contribution >= 0.6 is 11.3 Å². The lowest BCUT2D eigenvalue weighted by Gasteiger charge is -2.04. The van der Waals surface area contributed by atoms with Crippen molar-refractivity contribution < 1.29 is 22.4 Å². The number of oxazole rings is 1. The number of sulfonamides is 1. The van der Waals surface area contributed by atoms with Crippen molar-refractivity contribution in [3.63, 3.8) is 0 Å². The number of nitrogens with one attached hydrogen (secondary N) is 1. The van der Waals surface area contributed by atoms with Crippen molar-refractivity contribution in [3.05, 3.63) is 59.3 Å². The van der Waals surface area contributed by atoms with Crippen molar-refractivity contribution in [2.75, 3.05) is 6.54 Å². The fraction of sp³-hybridized carbons (Fsp3) is 0.176. The highest BCUT2D eigenvalue weighted by molar-refractivity contribution is 7.91. The molecular weight excluding hydrogens is 376 g/mol. The number of esters is 1. The highest BCUT2D eigenvalue weighted by atomic mass is 32.2. The van der Waals surface area contributed by atoms with Crippen LogP contribution in [0.25, 0.3) is 11.5 Å². The number of aromatic nitrogens is 1. The van der Waals surface area contributed by atoms with Gasteiger partial charge in [-0.2, -0.15) is 4.72 Å². The van der Waals surface area contributed by atoms with Gasteiger partial charge in [0.15, 0.2) is 0 Å². The van der Waals surface area contributed by atoms with Gasteiger partial charge in [-0.25, -0.2) is 13.4 Å². The Balaban J connectivity index is 1.51. The van der Waals surface area contributed by atoms with E-state index in [0.717, 1.165) is 22.5 Å². The van der Waals surface area contributed by atoms with Gasteiger partial charge in [0, 0.05) is 5.56 Å². The second-order valence-electron chi connectivity index (χ2n) is 5.43. The molecule has 7 nitrogen and oxygen atoms in total. The minimum Gasteiger partial charge on any atom is -0.458 e. The van der Waals surface area contributed by atoms with Gasteiger partial charge in [-0.15, -0.1) is 11.3 Å². The van der Waals surface area contributed by atoms with Gasteiger partial charge in [0.2, 0.25) is 5.89 Å². The molecule has 3 rings (SSSR count). The molecule has 3 aromatic rings. The average molecular weight is 392 g/mol. The number of rotatable bonds is 7. The van der Waals surface area contributed by atoms with Crippen LogP contribution in [0.3, 0.4) is 0 Å². The number of aryl methyl sites for hydroxylation is 1. The third-order valence-corrected chi connectivity index (χ3v) is 6.20. The monoisotopic (exact) mass is 392 g/mol. The molecule has 0 atom stereocenters. The Morgan fingerprint density at radius 3 is 2.73 bits per heavy atom. The predicted octanol–water partition coefficient (Wildman–Crippen LogP) is 2.73. The molecule has 0 saturated heterocycles. The van der Waals surface area contributed by atoms with E-state index in [2.05, 4.69) is 9.71 Å². The summed E-state index contributed by atoms with van der Waals surface area (Å²) in [5, 5.41) is 1.64. The van der Waals surface area contributed by atoms with Crippen molar-refractivity contribution in [3.8, 4) is 11.5 Å². The quantitative estimate of drug-likeness (QED) is 0.621. The van der Waals surface area contributed by atoms with Gasteiger partial charge in [0.1, 0.15) is 29.3 Å². The summed E-state index contributed by atoms with van der Waals surface area (Å²) in [6, 6.07) is 10.7. The van der Waals surface area contributed by atoms with Crippen LogP contribution in [0.4, 0.5) is 0 Å². The van der Waals surface area contributed by atoms with E-state index in [9.17, 15) is 13.2 Å². The Morgan fingerprint density at radius 1 is 1.27 bits per heavy atom. The summed E-state index contributed by atoms with van der Waals surface area (Å²) in [5.74, 6) is -0.278. The minimum atomic E-state index is -3.70. The first kappa shape index (κ1) is 18.3. The number of thiophene rings is 1. The summed E-state index contributed by atoms with van der Waals surface area (Å²) < 4.78 is 36.6. The lowest BCUT2D eigenvalue weighted by atomic mass is 10.1. The van der Waals surface area contributed by atoms with Crippen LogP contribution < -0.4 is 4.72 Å². The van der Waals surface area contributed by atoms with Gasteiger partial charge >= 0.3 is 5.97 Å². The average Bonchev–Trinajstić information content (AvgIpc) is 3.31. The first-order chi connectivity index (χ1) is 12.4. The highest BCUT2D eigenvalue weighted by Crippen LogP contribution is 2.19. The van der Waals surface area contributed by atoms with Crippen molar-refractivity contribution in [1.82, 2.24) is 9.71 Å². The van der Waals surface area contributed by atoms with Crippen LogP contribution in [0.5, 0.6) is 0 Å². The number of ether oxygens (including phenoxy) is 1. The summed E-state index contributed by atoms with van der Waals surface area (Å²) in [4.78, 5) is 16.0. The fourth-order valence-corrected chi connectivity index (χ4v) is 4.06. The number of carbonyl (C=O) groups is 1. The number of carbonyl (C=O) groups excluding carboxylic acids is 1. The van der Waals surface area contributed by atoms with Crippen LogP contribution in [0.2, 0.25) is 0 Å². The minimum absolute atomic E-state index is 0.102. The molecule has 0 radical (unpaired) electrons. The summed E-state index contributed by atoms with van der Waals surface area (Å²) in [6.07, 6.45) is 1.40. The van der Waals surface area contributed by atoms with Gasteiger partial charge < -0.3 is 9.15 Å². The van der Waals surface area contributed by atoms with E-state index in [0.29, 0.717) is 11.6 Å². The normalized spacial score (nSPS) is 11.4. The van der Waals surface area contributed by atoms with Crippen LogP contribution in [-0.4, -0.2) is 25.9 Å². The second kappa shape index (κ2) is 7.81. The molecule has 0 fully saturated rings. The van der Waals surface area contributed by atoms with E-state index in [4.69, 9.17) is 9.15 Å². The number of hydrogen-bond acceptors (Lipinski definition) is 7. The topological polar surface area (TPSA) is 98.5 Å². The maximum Gasteiger partial charge on any atom is 0.321 e. The molecule has 1 aromatic carbocycles. The standard InChI is InChI=1S/C17H16N2O5S2/c1-12-4-6-13(7-5-12)17-19-14(11-24-17)10-23-15(20)9-18-26(21,22)16-3-2-8-25-16/h2-8,11,18H,9-10H2,1H3. The third kappa shape index (κ3) is 4.57. The Labute approximate surface area is 154 Å². The molecule has 0 amide bonds. The first-order valence-electron chi connectivity index (χ1n) is 7.64. The van der Waals surface area contributed by atoms with E-state index in [1.165, 1.54) is 12.3 Å². The molecule has 0 spiro atoms. The highest BCUT2D eigenvalue weighted by Gasteiger charge is 2.17. The molecule has 2 heterocycles. The second-order valence-corrected chi connectivity index (χ2v) is 8.37. The fourth-order valence-electron chi connectivity index (χ4n) is 2.05. The lowest BCUT2D eigenvalue weighted by Crippen LogP contribution is -2.30. The van der Waals surface area contributed by atoms with Gasteiger partial charge in [0.05, 0.1) is 0 Å². The molecule has 0 aliphatic heterocycles. The van der Waals surface area contributed by atoms with E-state index < -0.39 is 22.5 Å². The SMILES string of the molecule is Cc1ccc(-c2nc(COC(=O)CNS(=O)(=O)c3cccs3)co2)cc1. The van der Waals surface area contributed by atoms with Crippen molar-refractivity contribution in [1.29, 1.82) is 0 Å². The van der Waals surface area contributed by atoms with E-state index >= 15 is 0 Å². The number of nitrogens with zero attached hydrogens (tertiary/aromatic N) is 1. The smallest absolute Gasteiger partial charge is 0.321 e. The first-order valence-corrected chi connectivity index (χ1v) is 10.0. The molecule has 2 aromatic heterocycles. The zero-order valence-electron chi connectivity index (χ0n) is 13.8. The summed E-state index contributed by atoms with van der Waals surface area (Å²) in [6.45, 7) is 1.43. The molecule has 1 N–H and O–H groups in total. The predicted molar refractivity (Wildman–Crippen MR) is 96.0 cm³/mol. The largest absolute Gasteiger partial charge is 0.458 e. The van der Waals surface area contributed by atoms with Crippen LogP contribution in [0.15, 0.2) is 56.7 Å². The third-order valence-electron chi connectivity index (χ3n) is 3.40.